The summed E-state index contributed by atoms with van der Waals surface area (Å²) in [5, 5.41) is 1.20. The quantitative estimate of drug-likeness (QED) is 0.612. The molecule has 0 aliphatic heterocycles. The molecule has 2 aromatic carbocycles. The van der Waals surface area contributed by atoms with Crippen LogP contribution in [-0.4, -0.2) is 17.6 Å². The molecule has 3 nitrogen and oxygen atoms in total. The summed E-state index contributed by atoms with van der Waals surface area (Å²) in [7, 11) is 1.42. The fourth-order valence-corrected chi connectivity index (χ4v) is 3.42. The molecule has 0 amide bonds. The lowest BCUT2D eigenvalue weighted by Gasteiger charge is -2.12. The molecule has 1 heterocycles. The highest BCUT2D eigenvalue weighted by Crippen LogP contribution is 2.30. The number of fused-ring (bicyclic) bond motifs is 1. The summed E-state index contributed by atoms with van der Waals surface area (Å²) in [4.78, 5) is 11.9. The van der Waals surface area contributed by atoms with E-state index in [0.717, 1.165) is 12.1 Å². The molecule has 0 atom stereocenters. The number of aryl methyl sites for hydroxylation is 2. The molecular formula is C22H25NO2. The monoisotopic (exact) mass is 335 g/mol. The minimum atomic E-state index is -0.298. The van der Waals surface area contributed by atoms with Crippen LogP contribution >= 0.6 is 0 Å². The van der Waals surface area contributed by atoms with Crippen LogP contribution in [0.5, 0.6) is 0 Å². The molecule has 0 fully saturated rings. The van der Waals surface area contributed by atoms with Crippen LogP contribution in [0, 0.1) is 13.8 Å². The summed E-state index contributed by atoms with van der Waals surface area (Å²) in [6, 6.07) is 12.2. The average Bonchev–Trinajstić information content (AvgIpc) is 2.95. The number of esters is 1. The number of nitrogens with zero attached hydrogens (tertiary/aromatic N) is 1. The second-order valence-electron chi connectivity index (χ2n) is 6.96. The molecule has 0 aliphatic carbocycles. The topological polar surface area (TPSA) is 31.2 Å². The number of hydrogen-bond donors (Lipinski definition) is 0. The van der Waals surface area contributed by atoms with Crippen LogP contribution < -0.4 is 0 Å². The van der Waals surface area contributed by atoms with Gasteiger partial charge < -0.3 is 9.30 Å². The van der Waals surface area contributed by atoms with Gasteiger partial charge in [-0.15, -0.1) is 0 Å². The zero-order valence-electron chi connectivity index (χ0n) is 15.6. The number of carbonyl (C=O) groups excluding carboxylic acids is 1. The van der Waals surface area contributed by atoms with Gasteiger partial charge in [-0.1, -0.05) is 38.1 Å². The molecule has 25 heavy (non-hydrogen) atoms. The molecule has 3 rings (SSSR count). The molecule has 0 saturated heterocycles. The fourth-order valence-electron chi connectivity index (χ4n) is 3.42. The third-order valence-corrected chi connectivity index (χ3v) is 4.93. The Labute approximate surface area is 149 Å². The van der Waals surface area contributed by atoms with Gasteiger partial charge in [-0.05, 0) is 54.2 Å². The highest BCUT2D eigenvalue weighted by atomic mass is 16.5. The van der Waals surface area contributed by atoms with Gasteiger partial charge in [0.2, 0.25) is 0 Å². The van der Waals surface area contributed by atoms with Crippen molar-refractivity contribution in [2.75, 3.05) is 7.11 Å². The van der Waals surface area contributed by atoms with Gasteiger partial charge in [0.1, 0.15) is 0 Å². The van der Waals surface area contributed by atoms with Crippen molar-refractivity contribution in [3.8, 4) is 0 Å². The van der Waals surface area contributed by atoms with E-state index in [-0.39, 0.29) is 5.97 Å². The molecule has 0 bridgehead atoms. The van der Waals surface area contributed by atoms with E-state index in [9.17, 15) is 4.79 Å². The minimum Gasteiger partial charge on any atom is -0.465 e. The van der Waals surface area contributed by atoms with Gasteiger partial charge in [-0.3, -0.25) is 0 Å². The van der Waals surface area contributed by atoms with E-state index in [2.05, 4.69) is 56.7 Å². The normalized spacial score (nSPS) is 11.3. The maximum absolute atomic E-state index is 11.9. The zero-order chi connectivity index (χ0) is 18.1. The molecule has 3 heteroatoms. The van der Waals surface area contributed by atoms with Gasteiger partial charge in [-0.25, -0.2) is 4.79 Å². The Morgan fingerprint density at radius 1 is 1.12 bits per heavy atom. The number of aromatic nitrogens is 1. The number of rotatable bonds is 4. The fraction of sp³-hybridized carbons (Fsp3) is 0.318. The molecule has 1 aromatic heterocycles. The number of benzene rings is 2. The molecule has 0 unspecified atom stereocenters. The van der Waals surface area contributed by atoms with E-state index in [1.165, 1.54) is 34.7 Å². The van der Waals surface area contributed by atoms with Gasteiger partial charge in [0.05, 0.1) is 12.7 Å². The SMILES string of the molecule is COC(=O)c1ccc2c(C(C)C)cn(Cc3c(C)cccc3C)c2c1. The first kappa shape index (κ1) is 17.3. The largest absolute Gasteiger partial charge is 0.465 e. The standard InChI is InChI=1S/C22H25NO2/c1-14(2)19-12-23(13-20-15(3)7-6-8-16(20)4)21-11-17(22(24)25-5)9-10-18(19)21/h6-12,14H,13H2,1-5H3. The first-order valence-electron chi connectivity index (χ1n) is 8.68. The second-order valence-corrected chi connectivity index (χ2v) is 6.96. The van der Waals surface area contributed by atoms with E-state index >= 15 is 0 Å². The molecule has 3 aromatic rings. The van der Waals surface area contributed by atoms with Crippen LogP contribution in [0.25, 0.3) is 10.9 Å². The van der Waals surface area contributed by atoms with E-state index < -0.39 is 0 Å². The van der Waals surface area contributed by atoms with E-state index in [0.29, 0.717) is 11.5 Å². The first-order valence-corrected chi connectivity index (χ1v) is 8.68. The summed E-state index contributed by atoms with van der Waals surface area (Å²) >= 11 is 0. The van der Waals surface area contributed by atoms with Crippen LogP contribution in [0.3, 0.4) is 0 Å². The smallest absolute Gasteiger partial charge is 0.337 e. The van der Waals surface area contributed by atoms with Crippen molar-refractivity contribution < 1.29 is 9.53 Å². The summed E-state index contributed by atoms with van der Waals surface area (Å²) < 4.78 is 7.14. The Balaban J connectivity index is 2.17. The lowest BCUT2D eigenvalue weighted by Crippen LogP contribution is -2.04. The third-order valence-electron chi connectivity index (χ3n) is 4.93. The highest BCUT2D eigenvalue weighted by molar-refractivity contribution is 5.95. The molecule has 0 N–H and O–H groups in total. The highest BCUT2D eigenvalue weighted by Gasteiger charge is 2.15. The van der Waals surface area contributed by atoms with Crippen LogP contribution in [-0.2, 0) is 11.3 Å². The molecule has 0 spiro atoms. The van der Waals surface area contributed by atoms with Crippen molar-refractivity contribution in [1.82, 2.24) is 4.57 Å². The van der Waals surface area contributed by atoms with Crippen LogP contribution in [0.2, 0.25) is 0 Å². The third kappa shape index (κ3) is 3.19. The minimum absolute atomic E-state index is 0.298. The van der Waals surface area contributed by atoms with Crippen molar-refractivity contribution in [1.29, 1.82) is 0 Å². The van der Waals surface area contributed by atoms with E-state index in [1.54, 1.807) is 0 Å². The molecule has 130 valence electrons. The Kier molecular flexibility index (Phi) is 4.67. The lowest BCUT2D eigenvalue weighted by molar-refractivity contribution is 0.0601. The number of ether oxygens (including phenoxy) is 1. The average molecular weight is 335 g/mol. The summed E-state index contributed by atoms with van der Waals surface area (Å²) in [6.45, 7) is 9.50. The first-order chi connectivity index (χ1) is 11.9. The Morgan fingerprint density at radius 3 is 2.40 bits per heavy atom. The predicted octanol–water partition coefficient (Wildman–Crippen LogP) is 5.22. The summed E-state index contributed by atoms with van der Waals surface area (Å²) in [5.74, 6) is 0.124. The Morgan fingerprint density at radius 2 is 1.80 bits per heavy atom. The Bertz CT molecular complexity index is 914. The van der Waals surface area contributed by atoms with Crippen molar-refractivity contribution in [2.45, 2.75) is 40.2 Å². The predicted molar refractivity (Wildman–Crippen MR) is 102 cm³/mol. The summed E-state index contributed by atoms with van der Waals surface area (Å²) in [5.41, 5.74) is 6.88. The molecular weight excluding hydrogens is 310 g/mol. The van der Waals surface area contributed by atoms with Gasteiger partial charge in [0.25, 0.3) is 0 Å². The van der Waals surface area contributed by atoms with Crippen LogP contribution in [0.1, 0.15) is 52.4 Å². The second kappa shape index (κ2) is 6.75. The maximum atomic E-state index is 11.9. The van der Waals surface area contributed by atoms with Crippen molar-refractivity contribution in [2.24, 2.45) is 0 Å². The van der Waals surface area contributed by atoms with Crippen molar-refractivity contribution in [3.05, 3.63) is 70.4 Å². The van der Waals surface area contributed by atoms with Gasteiger partial charge in [0.15, 0.2) is 0 Å². The number of carbonyl (C=O) groups is 1. The molecule has 0 aliphatic rings. The van der Waals surface area contributed by atoms with Gasteiger partial charge in [-0.2, -0.15) is 0 Å². The maximum Gasteiger partial charge on any atom is 0.337 e. The van der Waals surface area contributed by atoms with E-state index in [4.69, 9.17) is 4.74 Å². The zero-order valence-corrected chi connectivity index (χ0v) is 15.6. The van der Waals surface area contributed by atoms with E-state index in [1.807, 2.05) is 18.2 Å². The Hall–Kier alpha value is -2.55. The van der Waals surface area contributed by atoms with Crippen LogP contribution in [0.15, 0.2) is 42.6 Å². The molecule has 0 radical (unpaired) electrons. The van der Waals surface area contributed by atoms with Gasteiger partial charge in [0, 0.05) is 23.6 Å². The summed E-state index contributed by atoms with van der Waals surface area (Å²) in [6.07, 6.45) is 2.22. The lowest BCUT2D eigenvalue weighted by atomic mass is 10.0. The van der Waals surface area contributed by atoms with Crippen molar-refractivity contribution >= 4 is 16.9 Å². The van der Waals surface area contributed by atoms with Gasteiger partial charge >= 0.3 is 5.97 Å². The van der Waals surface area contributed by atoms with Crippen molar-refractivity contribution in [3.63, 3.8) is 0 Å². The van der Waals surface area contributed by atoms with Crippen LogP contribution in [0.4, 0.5) is 0 Å². The number of methoxy groups -OCH3 is 1. The molecule has 0 saturated carbocycles. The number of hydrogen-bond acceptors (Lipinski definition) is 2.